The minimum absolute atomic E-state index is 0.0199. The molecule has 1 unspecified atom stereocenters. The number of oxime groups is 1. The number of ether oxygens (including phenoxy) is 1. The van der Waals surface area contributed by atoms with Crippen molar-refractivity contribution < 1.29 is 9.94 Å². The van der Waals surface area contributed by atoms with Crippen LogP contribution in [-0.4, -0.2) is 29.8 Å². The summed E-state index contributed by atoms with van der Waals surface area (Å²) in [5.41, 5.74) is 7.38. The number of hydrogen-bond donors (Lipinski definition) is 3. The van der Waals surface area contributed by atoms with Crippen molar-refractivity contribution in [1.29, 1.82) is 0 Å². The molecule has 0 aliphatic carbocycles. The van der Waals surface area contributed by atoms with E-state index in [1.54, 1.807) is 0 Å². The van der Waals surface area contributed by atoms with Gasteiger partial charge in [-0.05, 0) is 25.3 Å². The van der Waals surface area contributed by atoms with Gasteiger partial charge in [-0.2, -0.15) is 0 Å². The summed E-state index contributed by atoms with van der Waals surface area (Å²) in [6.07, 6.45) is 2.26. The fraction of sp³-hybridized carbons (Fsp3) is 0.500. The molecule has 0 aromatic heterocycles. The van der Waals surface area contributed by atoms with Crippen LogP contribution < -0.4 is 11.1 Å². The lowest BCUT2D eigenvalue weighted by Gasteiger charge is -2.23. The average molecular weight is 263 g/mol. The van der Waals surface area contributed by atoms with Gasteiger partial charge in [0.15, 0.2) is 5.84 Å². The average Bonchev–Trinajstić information content (AvgIpc) is 2.86. The van der Waals surface area contributed by atoms with E-state index in [1.165, 1.54) is 0 Å². The van der Waals surface area contributed by atoms with Crippen molar-refractivity contribution in [1.82, 2.24) is 5.32 Å². The molecular formula is C14H21N3O2. The van der Waals surface area contributed by atoms with E-state index in [0.717, 1.165) is 43.7 Å². The molecule has 1 aliphatic rings. The van der Waals surface area contributed by atoms with Crippen molar-refractivity contribution in [3.63, 3.8) is 0 Å². The van der Waals surface area contributed by atoms with Gasteiger partial charge in [-0.3, -0.25) is 0 Å². The molecule has 1 heterocycles. The van der Waals surface area contributed by atoms with Gasteiger partial charge in [0.1, 0.15) is 0 Å². The van der Waals surface area contributed by atoms with Crippen molar-refractivity contribution >= 4 is 5.84 Å². The van der Waals surface area contributed by atoms with Crippen LogP contribution in [0.1, 0.15) is 30.9 Å². The molecule has 1 aromatic carbocycles. The number of nitrogens with two attached hydrogens (primary N) is 1. The molecule has 0 saturated carbocycles. The quantitative estimate of drug-likeness (QED) is 0.325. The molecular weight excluding hydrogens is 242 g/mol. The van der Waals surface area contributed by atoms with E-state index in [4.69, 9.17) is 15.7 Å². The first-order chi connectivity index (χ1) is 9.13. The van der Waals surface area contributed by atoms with Gasteiger partial charge < -0.3 is 21.0 Å². The maximum absolute atomic E-state index is 8.59. The lowest BCUT2D eigenvalue weighted by Crippen LogP contribution is -2.36. The van der Waals surface area contributed by atoms with Crippen molar-refractivity contribution in [2.45, 2.75) is 31.9 Å². The van der Waals surface area contributed by atoms with Crippen LogP contribution in [0.5, 0.6) is 0 Å². The van der Waals surface area contributed by atoms with Crippen LogP contribution in [0.4, 0.5) is 0 Å². The zero-order chi connectivity index (χ0) is 13.7. The molecule has 2 rings (SSSR count). The van der Waals surface area contributed by atoms with Gasteiger partial charge in [0, 0.05) is 25.3 Å². The molecule has 4 N–H and O–H groups in total. The lowest BCUT2D eigenvalue weighted by atomic mass is 10.0. The van der Waals surface area contributed by atoms with Crippen molar-refractivity contribution in [2.24, 2.45) is 10.9 Å². The van der Waals surface area contributed by atoms with E-state index < -0.39 is 0 Å². The Balaban J connectivity index is 1.83. The number of hydrogen-bond acceptors (Lipinski definition) is 4. The predicted octanol–water partition coefficient (Wildman–Crippen LogP) is 1.44. The third-order valence-corrected chi connectivity index (χ3v) is 3.49. The number of amidine groups is 1. The van der Waals surface area contributed by atoms with Crippen LogP contribution in [0.2, 0.25) is 0 Å². The standard InChI is InChI=1S/C14H21N3O2/c1-14(7-2-8-19-14)10-16-9-11-3-5-12(6-4-11)13(15)17-18/h3-6,16,18H,2,7-10H2,1H3,(H2,15,17). The molecule has 0 radical (unpaired) electrons. The summed E-state index contributed by atoms with van der Waals surface area (Å²) in [6, 6.07) is 7.64. The molecule has 5 heteroatoms. The number of rotatable bonds is 5. The molecule has 1 atom stereocenters. The second-order valence-electron chi connectivity index (χ2n) is 5.19. The van der Waals surface area contributed by atoms with Crippen LogP contribution in [-0.2, 0) is 11.3 Å². The third kappa shape index (κ3) is 3.68. The first-order valence-corrected chi connectivity index (χ1v) is 6.54. The SMILES string of the molecule is CC1(CNCc2ccc(C(N)=NO)cc2)CCCO1. The highest BCUT2D eigenvalue weighted by Gasteiger charge is 2.28. The number of nitrogens with zero attached hydrogens (tertiary/aromatic N) is 1. The Morgan fingerprint density at radius 3 is 2.79 bits per heavy atom. The van der Waals surface area contributed by atoms with Crippen LogP contribution in [0.15, 0.2) is 29.4 Å². The van der Waals surface area contributed by atoms with Gasteiger partial charge in [-0.15, -0.1) is 0 Å². The maximum atomic E-state index is 8.59. The van der Waals surface area contributed by atoms with Crippen molar-refractivity contribution in [3.05, 3.63) is 35.4 Å². The lowest BCUT2D eigenvalue weighted by molar-refractivity contribution is 0.0207. The monoisotopic (exact) mass is 263 g/mol. The summed E-state index contributed by atoms with van der Waals surface area (Å²) >= 11 is 0. The summed E-state index contributed by atoms with van der Waals surface area (Å²) in [5, 5.41) is 15.0. The number of nitrogens with one attached hydrogen (secondary N) is 1. The second-order valence-corrected chi connectivity index (χ2v) is 5.19. The van der Waals surface area contributed by atoms with Gasteiger partial charge in [-0.1, -0.05) is 29.4 Å². The van der Waals surface area contributed by atoms with E-state index >= 15 is 0 Å². The fourth-order valence-corrected chi connectivity index (χ4v) is 2.30. The fourth-order valence-electron chi connectivity index (χ4n) is 2.30. The smallest absolute Gasteiger partial charge is 0.170 e. The van der Waals surface area contributed by atoms with Crippen LogP contribution in [0.3, 0.4) is 0 Å². The summed E-state index contributed by atoms with van der Waals surface area (Å²) in [4.78, 5) is 0. The predicted molar refractivity (Wildman–Crippen MR) is 74.3 cm³/mol. The molecule has 1 fully saturated rings. The Bertz CT molecular complexity index is 437. The van der Waals surface area contributed by atoms with E-state index in [2.05, 4.69) is 17.4 Å². The third-order valence-electron chi connectivity index (χ3n) is 3.49. The highest BCUT2D eigenvalue weighted by Crippen LogP contribution is 2.23. The number of benzene rings is 1. The largest absolute Gasteiger partial charge is 0.409 e. The molecule has 1 aliphatic heterocycles. The summed E-state index contributed by atoms with van der Waals surface area (Å²) in [5.74, 6) is 0.131. The van der Waals surface area contributed by atoms with E-state index in [1.807, 2.05) is 24.3 Å². The Morgan fingerprint density at radius 1 is 1.47 bits per heavy atom. The summed E-state index contributed by atoms with van der Waals surface area (Å²) in [6.45, 7) is 4.66. The molecule has 5 nitrogen and oxygen atoms in total. The zero-order valence-electron chi connectivity index (χ0n) is 11.2. The zero-order valence-corrected chi connectivity index (χ0v) is 11.2. The van der Waals surface area contributed by atoms with Crippen LogP contribution >= 0.6 is 0 Å². The minimum atomic E-state index is -0.0199. The Morgan fingerprint density at radius 2 is 2.21 bits per heavy atom. The summed E-state index contributed by atoms with van der Waals surface area (Å²) < 4.78 is 5.72. The molecule has 0 amide bonds. The van der Waals surface area contributed by atoms with Gasteiger partial charge >= 0.3 is 0 Å². The first kappa shape index (κ1) is 13.8. The molecule has 104 valence electrons. The van der Waals surface area contributed by atoms with E-state index in [9.17, 15) is 0 Å². The van der Waals surface area contributed by atoms with Crippen molar-refractivity contribution in [2.75, 3.05) is 13.2 Å². The maximum Gasteiger partial charge on any atom is 0.170 e. The van der Waals surface area contributed by atoms with Crippen LogP contribution in [0, 0.1) is 0 Å². The molecule has 19 heavy (non-hydrogen) atoms. The minimum Gasteiger partial charge on any atom is -0.409 e. The van der Waals surface area contributed by atoms with Gasteiger partial charge in [0.05, 0.1) is 5.60 Å². The van der Waals surface area contributed by atoms with E-state index in [0.29, 0.717) is 0 Å². The highest BCUT2D eigenvalue weighted by molar-refractivity contribution is 5.96. The van der Waals surface area contributed by atoms with Gasteiger partial charge in [-0.25, -0.2) is 0 Å². The van der Waals surface area contributed by atoms with E-state index in [-0.39, 0.29) is 11.4 Å². The Labute approximate surface area is 113 Å². The molecule has 1 saturated heterocycles. The molecule has 0 spiro atoms. The Hall–Kier alpha value is -1.59. The second kappa shape index (κ2) is 6.04. The van der Waals surface area contributed by atoms with Crippen molar-refractivity contribution in [3.8, 4) is 0 Å². The van der Waals surface area contributed by atoms with Gasteiger partial charge in [0.2, 0.25) is 0 Å². The molecule has 0 bridgehead atoms. The normalized spacial score (nSPS) is 23.7. The molecule has 1 aromatic rings. The summed E-state index contributed by atoms with van der Waals surface area (Å²) in [7, 11) is 0. The highest BCUT2D eigenvalue weighted by atomic mass is 16.5. The Kier molecular flexibility index (Phi) is 4.39. The van der Waals surface area contributed by atoms with Crippen LogP contribution in [0.25, 0.3) is 0 Å². The first-order valence-electron chi connectivity index (χ1n) is 6.54. The van der Waals surface area contributed by atoms with Gasteiger partial charge in [0.25, 0.3) is 0 Å². The topological polar surface area (TPSA) is 79.9 Å².